The molecule has 2 aliphatic carbocycles. The van der Waals surface area contributed by atoms with Crippen molar-refractivity contribution in [1.82, 2.24) is 0 Å². The molecule has 0 heterocycles. The molecule has 0 aliphatic heterocycles. The van der Waals surface area contributed by atoms with Gasteiger partial charge in [-0.2, -0.15) is 0 Å². The zero-order chi connectivity index (χ0) is 14.0. The van der Waals surface area contributed by atoms with Crippen LogP contribution in [0.25, 0.3) is 0 Å². The van der Waals surface area contributed by atoms with Crippen molar-refractivity contribution in [1.29, 1.82) is 0 Å². The van der Waals surface area contributed by atoms with Crippen molar-refractivity contribution in [3.05, 3.63) is 0 Å². The maximum atomic E-state index is 3.88. The Kier molecular flexibility index (Phi) is 8.63. The lowest BCUT2D eigenvalue weighted by molar-refractivity contribution is 0.234. The monoisotopic (exact) mass is 342 g/mol. The van der Waals surface area contributed by atoms with Gasteiger partial charge in [0.05, 0.1) is 0 Å². The molecule has 0 amide bonds. The van der Waals surface area contributed by atoms with Crippen LogP contribution in [0.15, 0.2) is 0 Å². The van der Waals surface area contributed by atoms with E-state index in [1.807, 2.05) is 0 Å². The first kappa shape index (κ1) is 16.8. The van der Waals surface area contributed by atoms with Gasteiger partial charge in [-0.25, -0.2) is 0 Å². The maximum absolute atomic E-state index is 3.88. The quantitative estimate of drug-likeness (QED) is 0.406. The molecule has 0 aromatic rings. The van der Waals surface area contributed by atoms with Crippen LogP contribution in [0.2, 0.25) is 0 Å². The average molecular weight is 343 g/mol. The highest BCUT2D eigenvalue weighted by Gasteiger charge is 2.22. The van der Waals surface area contributed by atoms with E-state index >= 15 is 0 Å². The van der Waals surface area contributed by atoms with E-state index in [2.05, 4.69) is 15.9 Å². The minimum absolute atomic E-state index is 0.805. The predicted octanol–water partition coefficient (Wildman–Crippen LogP) is 7.25. The summed E-state index contributed by atoms with van der Waals surface area (Å²) in [4.78, 5) is 0.805. The van der Waals surface area contributed by atoms with Crippen molar-refractivity contribution < 1.29 is 0 Å². The highest BCUT2D eigenvalue weighted by Crippen LogP contribution is 2.35. The van der Waals surface area contributed by atoms with Crippen molar-refractivity contribution in [2.75, 3.05) is 0 Å². The highest BCUT2D eigenvalue weighted by molar-refractivity contribution is 9.09. The first-order valence-electron chi connectivity index (χ1n) is 9.50. The third kappa shape index (κ3) is 6.50. The molecule has 0 radical (unpaired) electrons. The summed E-state index contributed by atoms with van der Waals surface area (Å²) in [6.07, 6.45) is 23.9. The molecule has 0 bridgehead atoms. The molecule has 2 atom stereocenters. The number of halogens is 1. The zero-order valence-electron chi connectivity index (χ0n) is 13.4. The second-order valence-electron chi connectivity index (χ2n) is 7.39. The fourth-order valence-corrected chi connectivity index (χ4v) is 5.09. The van der Waals surface area contributed by atoms with E-state index in [1.54, 1.807) is 12.8 Å². The summed E-state index contributed by atoms with van der Waals surface area (Å²) in [7, 11) is 0. The Balaban J connectivity index is 1.90. The molecule has 118 valence electrons. The number of fused-ring (bicyclic) bond motifs is 1. The van der Waals surface area contributed by atoms with Crippen molar-refractivity contribution >= 4 is 15.9 Å². The van der Waals surface area contributed by atoms with E-state index < -0.39 is 0 Å². The van der Waals surface area contributed by atoms with Crippen LogP contribution in [-0.4, -0.2) is 4.83 Å². The van der Waals surface area contributed by atoms with E-state index in [0.717, 1.165) is 16.7 Å². The second kappa shape index (κ2) is 10.2. The summed E-state index contributed by atoms with van der Waals surface area (Å²) in [5.74, 6) is 2.14. The van der Waals surface area contributed by atoms with Gasteiger partial charge in [-0.15, -0.1) is 0 Å². The Morgan fingerprint density at radius 1 is 0.400 bits per heavy atom. The first-order valence-corrected chi connectivity index (χ1v) is 10.4. The molecule has 2 unspecified atom stereocenters. The van der Waals surface area contributed by atoms with Gasteiger partial charge in [0.25, 0.3) is 0 Å². The van der Waals surface area contributed by atoms with Crippen LogP contribution in [0.1, 0.15) is 103 Å². The molecular weight excluding hydrogens is 308 g/mol. The Hall–Kier alpha value is 0.480. The van der Waals surface area contributed by atoms with Crippen molar-refractivity contribution in [2.24, 2.45) is 11.8 Å². The summed E-state index contributed by atoms with van der Waals surface area (Å²) in [5, 5.41) is 0. The van der Waals surface area contributed by atoms with Crippen molar-refractivity contribution in [3.63, 3.8) is 0 Å². The summed E-state index contributed by atoms with van der Waals surface area (Å²) < 4.78 is 0. The normalized spacial score (nSPS) is 35.5. The second-order valence-corrected chi connectivity index (χ2v) is 8.68. The molecule has 2 fully saturated rings. The van der Waals surface area contributed by atoms with Crippen molar-refractivity contribution in [2.45, 2.75) is 108 Å². The third-order valence-electron chi connectivity index (χ3n) is 5.75. The molecule has 2 saturated carbocycles. The average Bonchev–Trinajstić information content (AvgIpc) is 2.49. The topological polar surface area (TPSA) is 0 Å². The van der Waals surface area contributed by atoms with E-state index in [1.165, 1.54) is 89.9 Å². The molecule has 0 saturated heterocycles. The number of hydrogen-bond donors (Lipinski definition) is 0. The minimum Gasteiger partial charge on any atom is -0.0891 e. The van der Waals surface area contributed by atoms with Gasteiger partial charge in [0.15, 0.2) is 0 Å². The Morgan fingerprint density at radius 2 is 0.700 bits per heavy atom. The lowest BCUT2D eigenvalue weighted by Crippen LogP contribution is -2.16. The van der Waals surface area contributed by atoms with Gasteiger partial charge < -0.3 is 0 Å². The Labute approximate surface area is 135 Å². The SMILES string of the molecule is BrC1CCCCC2CCCCCCCCC2CCCC1. The van der Waals surface area contributed by atoms with Crippen LogP contribution in [0.3, 0.4) is 0 Å². The minimum atomic E-state index is 0.805. The van der Waals surface area contributed by atoms with Crippen LogP contribution in [-0.2, 0) is 0 Å². The van der Waals surface area contributed by atoms with Gasteiger partial charge in [0.1, 0.15) is 0 Å². The van der Waals surface area contributed by atoms with Gasteiger partial charge in [-0.1, -0.05) is 106 Å². The van der Waals surface area contributed by atoms with Crippen LogP contribution in [0, 0.1) is 11.8 Å². The summed E-state index contributed by atoms with van der Waals surface area (Å²) in [6, 6.07) is 0. The fraction of sp³-hybridized carbons (Fsp3) is 1.00. The van der Waals surface area contributed by atoms with Crippen LogP contribution in [0.5, 0.6) is 0 Å². The van der Waals surface area contributed by atoms with Gasteiger partial charge in [0, 0.05) is 4.83 Å². The van der Waals surface area contributed by atoms with Crippen LogP contribution >= 0.6 is 15.9 Å². The molecule has 0 nitrogen and oxygen atoms in total. The van der Waals surface area contributed by atoms with Gasteiger partial charge >= 0.3 is 0 Å². The van der Waals surface area contributed by atoms with E-state index in [0.29, 0.717) is 0 Å². The Morgan fingerprint density at radius 3 is 1.15 bits per heavy atom. The standard InChI is InChI=1S/C19H35Br/c20-19-15-9-7-13-17-11-5-3-1-2-4-6-12-18(17)14-8-10-16-19/h17-19H,1-16H2. The molecule has 0 aromatic carbocycles. The van der Waals surface area contributed by atoms with E-state index in [9.17, 15) is 0 Å². The van der Waals surface area contributed by atoms with Crippen LogP contribution < -0.4 is 0 Å². The highest BCUT2D eigenvalue weighted by atomic mass is 79.9. The largest absolute Gasteiger partial charge is 0.0891 e. The Bertz CT molecular complexity index is 214. The van der Waals surface area contributed by atoms with E-state index in [4.69, 9.17) is 0 Å². The lowest BCUT2D eigenvalue weighted by Gasteiger charge is -2.28. The number of hydrogen-bond acceptors (Lipinski definition) is 0. The molecular formula is C19H35Br. The number of rotatable bonds is 0. The first-order chi connectivity index (χ1) is 9.86. The summed E-state index contributed by atoms with van der Waals surface area (Å²) >= 11 is 3.88. The fourth-order valence-electron chi connectivity index (χ4n) is 4.44. The molecule has 0 aromatic heterocycles. The lowest BCUT2D eigenvalue weighted by atomic mass is 9.77. The van der Waals surface area contributed by atoms with Gasteiger partial charge in [0.2, 0.25) is 0 Å². The predicted molar refractivity (Wildman–Crippen MR) is 93.6 cm³/mol. The molecule has 1 heteroatoms. The smallest absolute Gasteiger partial charge is 0.0145 e. The summed E-state index contributed by atoms with van der Waals surface area (Å²) in [5.41, 5.74) is 0. The van der Waals surface area contributed by atoms with Crippen LogP contribution in [0.4, 0.5) is 0 Å². The van der Waals surface area contributed by atoms with Gasteiger partial charge in [-0.05, 0) is 24.7 Å². The summed E-state index contributed by atoms with van der Waals surface area (Å²) in [6.45, 7) is 0. The maximum Gasteiger partial charge on any atom is 0.0145 e. The zero-order valence-corrected chi connectivity index (χ0v) is 15.0. The molecule has 0 spiro atoms. The van der Waals surface area contributed by atoms with Crippen molar-refractivity contribution in [3.8, 4) is 0 Å². The molecule has 2 aliphatic rings. The molecule has 2 rings (SSSR count). The van der Waals surface area contributed by atoms with Gasteiger partial charge in [-0.3, -0.25) is 0 Å². The molecule has 0 N–H and O–H groups in total. The molecule has 20 heavy (non-hydrogen) atoms. The third-order valence-corrected chi connectivity index (χ3v) is 6.67. The number of alkyl halides is 1. The van der Waals surface area contributed by atoms with E-state index in [-0.39, 0.29) is 0 Å².